The SMILES string of the molecule is CC(CCOC=O)COC=O. The molecule has 0 heterocycles. The Hall–Kier alpha value is -1.06. The Labute approximate surface area is 65.5 Å². The predicted octanol–water partition coefficient (Wildman–Crippen LogP) is 0.359. The van der Waals surface area contributed by atoms with Gasteiger partial charge in [-0.15, -0.1) is 0 Å². The van der Waals surface area contributed by atoms with Gasteiger partial charge in [-0.05, 0) is 12.3 Å². The molecule has 0 aromatic rings. The first-order chi connectivity index (χ1) is 5.31. The standard InChI is InChI=1S/C7H12O4/c1-7(4-11-6-9)2-3-10-5-8/h5-7H,2-4H2,1H3. The van der Waals surface area contributed by atoms with E-state index in [1.54, 1.807) is 0 Å². The van der Waals surface area contributed by atoms with Gasteiger partial charge in [-0.3, -0.25) is 9.59 Å². The summed E-state index contributed by atoms with van der Waals surface area (Å²) < 4.78 is 8.96. The van der Waals surface area contributed by atoms with Crippen LogP contribution < -0.4 is 0 Å². The lowest BCUT2D eigenvalue weighted by Gasteiger charge is -2.07. The van der Waals surface area contributed by atoms with Crippen molar-refractivity contribution in [2.45, 2.75) is 13.3 Å². The molecule has 4 heteroatoms. The van der Waals surface area contributed by atoms with Crippen LogP contribution in [-0.2, 0) is 19.1 Å². The van der Waals surface area contributed by atoms with E-state index < -0.39 is 0 Å². The molecule has 0 rings (SSSR count). The lowest BCUT2D eigenvalue weighted by atomic mass is 10.1. The van der Waals surface area contributed by atoms with Gasteiger partial charge >= 0.3 is 0 Å². The maximum atomic E-state index is 9.73. The molecule has 0 fully saturated rings. The van der Waals surface area contributed by atoms with Crippen LogP contribution in [0.15, 0.2) is 0 Å². The van der Waals surface area contributed by atoms with Gasteiger partial charge in [-0.2, -0.15) is 0 Å². The Morgan fingerprint density at radius 3 is 2.45 bits per heavy atom. The third-order valence-corrected chi connectivity index (χ3v) is 1.25. The van der Waals surface area contributed by atoms with Crippen LogP contribution in [0.2, 0.25) is 0 Å². The lowest BCUT2D eigenvalue weighted by Crippen LogP contribution is -2.08. The zero-order valence-corrected chi connectivity index (χ0v) is 6.49. The number of carbonyl (C=O) groups excluding carboxylic acids is 2. The molecule has 0 aliphatic rings. The third kappa shape index (κ3) is 6.83. The molecule has 1 atom stereocenters. The second-order valence-electron chi connectivity index (χ2n) is 2.29. The monoisotopic (exact) mass is 160 g/mol. The zero-order valence-electron chi connectivity index (χ0n) is 6.49. The molecule has 1 unspecified atom stereocenters. The number of carbonyl (C=O) groups is 2. The van der Waals surface area contributed by atoms with Gasteiger partial charge in [0.15, 0.2) is 0 Å². The fourth-order valence-electron chi connectivity index (χ4n) is 0.604. The van der Waals surface area contributed by atoms with E-state index in [0.29, 0.717) is 32.6 Å². The van der Waals surface area contributed by atoms with E-state index in [-0.39, 0.29) is 5.92 Å². The van der Waals surface area contributed by atoms with Crippen molar-refractivity contribution in [3.8, 4) is 0 Å². The topological polar surface area (TPSA) is 52.6 Å². The maximum Gasteiger partial charge on any atom is 0.293 e. The minimum atomic E-state index is 0.236. The van der Waals surface area contributed by atoms with E-state index in [4.69, 9.17) is 0 Å². The maximum absolute atomic E-state index is 9.73. The molecule has 0 bridgehead atoms. The van der Waals surface area contributed by atoms with Crippen molar-refractivity contribution < 1.29 is 19.1 Å². The normalized spacial score (nSPS) is 11.7. The van der Waals surface area contributed by atoms with Crippen LogP contribution >= 0.6 is 0 Å². The van der Waals surface area contributed by atoms with Crippen molar-refractivity contribution in [2.24, 2.45) is 5.92 Å². The van der Waals surface area contributed by atoms with Crippen LogP contribution in [0.4, 0.5) is 0 Å². The van der Waals surface area contributed by atoms with Crippen LogP contribution in [0.3, 0.4) is 0 Å². The smallest absolute Gasteiger partial charge is 0.293 e. The fourth-order valence-corrected chi connectivity index (χ4v) is 0.604. The molecule has 0 aliphatic heterocycles. The first-order valence-electron chi connectivity index (χ1n) is 3.41. The van der Waals surface area contributed by atoms with Gasteiger partial charge in [-0.25, -0.2) is 0 Å². The third-order valence-electron chi connectivity index (χ3n) is 1.25. The van der Waals surface area contributed by atoms with Gasteiger partial charge in [0, 0.05) is 0 Å². The zero-order chi connectivity index (χ0) is 8.53. The minimum Gasteiger partial charge on any atom is -0.468 e. The second kappa shape index (κ2) is 7.05. The van der Waals surface area contributed by atoms with Crippen molar-refractivity contribution in [2.75, 3.05) is 13.2 Å². The first-order valence-corrected chi connectivity index (χ1v) is 3.41. The quantitative estimate of drug-likeness (QED) is 0.398. The summed E-state index contributed by atoms with van der Waals surface area (Å²) in [6.45, 7) is 3.50. The number of rotatable bonds is 7. The van der Waals surface area contributed by atoms with Gasteiger partial charge in [0.25, 0.3) is 12.9 Å². The summed E-state index contributed by atoms with van der Waals surface area (Å²) in [6.07, 6.45) is 0.715. The van der Waals surface area contributed by atoms with E-state index >= 15 is 0 Å². The lowest BCUT2D eigenvalue weighted by molar-refractivity contribution is -0.132. The Morgan fingerprint density at radius 1 is 1.27 bits per heavy atom. The van der Waals surface area contributed by atoms with Gasteiger partial charge in [0.2, 0.25) is 0 Å². The van der Waals surface area contributed by atoms with E-state index in [1.165, 1.54) is 0 Å². The van der Waals surface area contributed by atoms with E-state index in [0.717, 1.165) is 0 Å². The van der Waals surface area contributed by atoms with Gasteiger partial charge in [0.1, 0.15) is 0 Å². The molecule has 0 aromatic heterocycles. The number of hydrogen-bond donors (Lipinski definition) is 0. The summed E-state index contributed by atoms with van der Waals surface area (Å²) in [7, 11) is 0. The molecule has 0 saturated carbocycles. The molecule has 0 saturated heterocycles. The largest absolute Gasteiger partial charge is 0.468 e. The number of ether oxygens (including phenoxy) is 2. The molecule has 4 nitrogen and oxygen atoms in total. The fraction of sp³-hybridized carbons (Fsp3) is 0.714. The van der Waals surface area contributed by atoms with Crippen LogP contribution in [-0.4, -0.2) is 26.2 Å². The highest BCUT2D eigenvalue weighted by molar-refractivity contribution is 5.37. The predicted molar refractivity (Wildman–Crippen MR) is 37.8 cm³/mol. The van der Waals surface area contributed by atoms with Crippen molar-refractivity contribution in [3.63, 3.8) is 0 Å². The van der Waals surface area contributed by atoms with Gasteiger partial charge in [0.05, 0.1) is 13.2 Å². The molecular formula is C7H12O4. The Morgan fingerprint density at radius 2 is 1.91 bits per heavy atom. The van der Waals surface area contributed by atoms with Gasteiger partial charge < -0.3 is 9.47 Å². The summed E-state index contributed by atoms with van der Waals surface area (Å²) in [4.78, 5) is 19.4. The summed E-state index contributed by atoms with van der Waals surface area (Å²) in [6, 6.07) is 0. The van der Waals surface area contributed by atoms with Crippen molar-refractivity contribution in [1.29, 1.82) is 0 Å². The second-order valence-corrected chi connectivity index (χ2v) is 2.29. The Kier molecular flexibility index (Phi) is 6.37. The van der Waals surface area contributed by atoms with E-state index in [1.807, 2.05) is 6.92 Å². The highest BCUT2D eigenvalue weighted by Crippen LogP contribution is 2.00. The number of hydrogen-bond acceptors (Lipinski definition) is 4. The summed E-state index contributed by atoms with van der Waals surface area (Å²) in [5, 5.41) is 0. The molecule has 0 spiro atoms. The van der Waals surface area contributed by atoms with E-state index in [9.17, 15) is 9.59 Å². The minimum absolute atomic E-state index is 0.236. The highest BCUT2D eigenvalue weighted by atomic mass is 16.5. The molecule has 0 aliphatic carbocycles. The van der Waals surface area contributed by atoms with Crippen LogP contribution in [0.1, 0.15) is 13.3 Å². The van der Waals surface area contributed by atoms with E-state index in [2.05, 4.69) is 9.47 Å². The van der Waals surface area contributed by atoms with Crippen molar-refractivity contribution >= 4 is 12.9 Å². The average Bonchev–Trinajstić information content (AvgIpc) is 2.01. The molecule has 0 aromatic carbocycles. The van der Waals surface area contributed by atoms with Crippen LogP contribution in [0.25, 0.3) is 0 Å². The van der Waals surface area contributed by atoms with Crippen LogP contribution in [0.5, 0.6) is 0 Å². The molecule has 0 N–H and O–H groups in total. The van der Waals surface area contributed by atoms with Crippen LogP contribution in [0, 0.1) is 5.92 Å². The molecule has 11 heavy (non-hydrogen) atoms. The molecule has 0 radical (unpaired) electrons. The van der Waals surface area contributed by atoms with Crippen molar-refractivity contribution in [3.05, 3.63) is 0 Å². The first kappa shape index (κ1) is 9.94. The average molecular weight is 160 g/mol. The molecule has 0 amide bonds. The Balaban J connectivity index is 3.14. The highest BCUT2D eigenvalue weighted by Gasteiger charge is 2.01. The summed E-state index contributed by atoms with van der Waals surface area (Å²) in [5.41, 5.74) is 0. The molecular weight excluding hydrogens is 148 g/mol. The summed E-state index contributed by atoms with van der Waals surface area (Å²) >= 11 is 0. The molecule has 64 valence electrons. The van der Waals surface area contributed by atoms with Crippen molar-refractivity contribution in [1.82, 2.24) is 0 Å². The van der Waals surface area contributed by atoms with Gasteiger partial charge in [-0.1, -0.05) is 6.92 Å². The summed E-state index contributed by atoms with van der Waals surface area (Å²) in [5.74, 6) is 0.236. The Bertz CT molecular complexity index is 113.